The van der Waals surface area contributed by atoms with E-state index in [0.29, 0.717) is 6.10 Å². The third-order valence-electron chi connectivity index (χ3n) is 1.83. The fourth-order valence-corrected chi connectivity index (χ4v) is 1.14. The van der Waals surface area contributed by atoms with Crippen LogP contribution < -0.4 is 5.32 Å². The Morgan fingerprint density at radius 3 is 3.00 bits per heavy atom. The molecule has 0 saturated carbocycles. The van der Waals surface area contributed by atoms with Crippen molar-refractivity contribution in [3.8, 4) is 0 Å². The maximum absolute atomic E-state index is 5.42. The normalized spacial score (nSPS) is 11.1. The highest BCUT2D eigenvalue weighted by Crippen LogP contribution is 1.98. The first-order valence-corrected chi connectivity index (χ1v) is 5.13. The Bertz CT molecular complexity index is 219. The minimum Gasteiger partial charge on any atom is -0.468 e. The van der Waals surface area contributed by atoms with E-state index in [1.165, 1.54) is 0 Å². The molecule has 0 fully saturated rings. The highest BCUT2D eigenvalue weighted by molar-refractivity contribution is 4.97. The molecule has 1 aromatic rings. The SMILES string of the molecule is CC(C)OCCCNCc1ccco1. The summed E-state index contributed by atoms with van der Waals surface area (Å²) in [4.78, 5) is 0. The van der Waals surface area contributed by atoms with E-state index >= 15 is 0 Å². The molecule has 1 rings (SSSR count). The van der Waals surface area contributed by atoms with Crippen molar-refractivity contribution in [2.75, 3.05) is 13.2 Å². The van der Waals surface area contributed by atoms with Crippen LogP contribution in [0.1, 0.15) is 26.0 Å². The maximum Gasteiger partial charge on any atom is 0.117 e. The molecular weight excluding hydrogens is 178 g/mol. The van der Waals surface area contributed by atoms with E-state index in [-0.39, 0.29) is 0 Å². The number of rotatable bonds is 7. The summed E-state index contributed by atoms with van der Waals surface area (Å²) in [5.74, 6) is 0.981. The zero-order chi connectivity index (χ0) is 10.2. The second kappa shape index (κ2) is 6.62. The minimum atomic E-state index is 0.333. The summed E-state index contributed by atoms with van der Waals surface area (Å²) in [5, 5.41) is 3.29. The van der Waals surface area contributed by atoms with E-state index in [1.807, 2.05) is 12.1 Å². The van der Waals surface area contributed by atoms with Gasteiger partial charge in [0.25, 0.3) is 0 Å². The van der Waals surface area contributed by atoms with Gasteiger partial charge in [-0.2, -0.15) is 0 Å². The van der Waals surface area contributed by atoms with Gasteiger partial charge in [-0.3, -0.25) is 0 Å². The minimum absolute atomic E-state index is 0.333. The van der Waals surface area contributed by atoms with Gasteiger partial charge in [0.2, 0.25) is 0 Å². The van der Waals surface area contributed by atoms with Crippen molar-refractivity contribution >= 4 is 0 Å². The molecule has 0 atom stereocenters. The average molecular weight is 197 g/mol. The number of ether oxygens (including phenoxy) is 1. The molecule has 80 valence electrons. The zero-order valence-electron chi connectivity index (χ0n) is 8.95. The van der Waals surface area contributed by atoms with Crippen molar-refractivity contribution in [3.05, 3.63) is 24.2 Å². The van der Waals surface area contributed by atoms with E-state index in [0.717, 1.165) is 31.9 Å². The predicted octanol–water partition coefficient (Wildman–Crippen LogP) is 2.18. The van der Waals surface area contributed by atoms with Crippen molar-refractivity contribution < 1.29 is 9.15 Å². The highest BCUT2D eigenvalue weighted by Gasteiger charge is 1.95. The summed E-state index contributed by atoms with van der Waals surface area (Å²) in [7, 11) is 0. The summed E-state index contributed by atoms with van der Waals surface area (Å²) in [6.07, 6.45) is 3.07. The van der Waals surface area contributed by atoms with Gasteiger partial charge >= 0.3 is 0 Å². The molecule has 0 radical (unpaired) electrons. The van der Waals surface area contributed by atoms with Crippen LogP contribution >= 0.6 is 0 Å². The first kappa shape index (κ1) is 11.3. The van der Waals surface area contributed by atoms with Crippen molar-refractivity contribution in [3.63, 3.8) is 0 Å². The molecule has 3 nitrogen and oxygen atoms in total. The molecule has 3 heteroatoms. The van der Waals surface area contributed by atoms with Crippen LogP contribution in [-0.2, 0) is 11.3 Å². The molecule has 0 saturated heterocycles. The molecular formula is C11H19NO2. The fraction of sp³-hybridized carbons (Fsp3) is 0.636. The number of nitrogens with one attached hydrogen (secondary N) is 1. The Morgan fingerprint density at radius 2 is 2.36 bits per heavy atom. The molecule has 0 aliphatic heterocycles. The van der Waals surface area contributed by atoms with Crippen molar-refractivity contribution in [1.82, 2.24) is 5.32 Å². The molecule has 1 heterocycles. The van der Waals surface area contributed by atoms with Crippen molar-refractivity contribution in [1.29, 1.82) is 0 Å². The van der Waals surface area contributed by atoms with Gasteiger partial charge < -0.3 is 14.5 Å². The smallest absolute Gasteiger partial charge is 0.117 e. The van der Waals surface area contributed by atoms with E-state index in [4.69, 9.17) is 9.15 Å². The van der Waals surface area contributed by atoms with Crippen LogP contribution in [0.25, 0.3) is 0 Å². The van der Waals surface area contributed by atoms with Gasteiger partial charge in [-0.1, -0.05) is 0 Å². The van der Waals surface area contributed by atoms with Crippen molar-refractivity contribution in [2.45, 2.75) is 32.9 Å². The van der Waals surface area contributed by atoms with E-state index in [9.17, 15) is 0 Å². The Labute approximate surface area is 85.4 Å². The Morgan fingerprint density at radius 1 is 1.50 bits per heavy atom. The summed E-state index contributed by atoms with van der Waals surface area (Å²) in [5.41, 5.74) is 0. The molecule has 14 heavy (non-hydrogen) atoms. The van der Waals surface area contributed by atoms with E-state index in [1.54, 1.807) is 6.26 Å². The first-order valence-electron chi connectivity index (χ1n) is 5.13. The predicted molar refractivity (Wildman–Crippen MR) is 56.1 cm³/mol. The quantitative estimate of drug-likeness (QED) is 0.680. The summed E-state index contributed by atoms with van der Waals surface area (Å²) in [6.45, 7) is 6.69. The van der Waals surface area contributed by atoms with Crippen molar-refractivity contribution in [2.24, 2.45) is 0 Å². The van der Waals surface area contributed by atoms with E-state index in [2.05, 4.69) is 19.2 Å². The van der Waals surface area contributed by atoms with Gasteiger partial charge in [-0.15, -0.1) is 0 Å². The second-order valence-electron chi connectivity index (χ2n) is 3.53. The lowest BCUT2D eigenvalue weighted by Crippen LogP contribution is -2.16. The van der Waals surface area contributed by atoms with Gasteiger partial charge in [0, 0.05) is 6.61 Å². The summed E-state index contributed by atoms with van der Waals surface area (Å²) >= 11 is 0. The lowest BCUT2D eigenvalue weighted by atomic mass is 10.4. The number of hydrogen-bond acceptors (Lipinski definition) is 3. The maximum atomic E-state index is 5.42. The second-order valence-corrected chi connectivity index (χ2v) is 3.53. The zero-order valence-corrected chi connectivity index (χ0v) is 8.95. The van der Waals surface area contributed by atoms with Crippen LogP contribution in [0.15, 0.2) is 22.8 Å². The first-order chi connectivity index (χ1) is 6.79. The lowest BCUT2D eigenvalue weighted by molar-refractivity contribution is 0.0770. The summed E-state index contributed by atoms with van der Waals surface area (Å²) in [6, 6.07) is 3.87. The Balaban J connectivity index is 1.90. The van der Waals surface area contributed by atoms with Crippen LogP contribution in [0.3, 0.4) is 0 Å². The highest BCUT2D eigenvalue weighted by atomic mass is 16.5. The number of hydrogen-bond donors (Lipinski definition) is 1. The molecule has 0 unspecified atom stereocenters. The molecule has 0 aliphatic rings. The Hall–Kier alpha value is -0.800. The molecule has 0 aromatic carbocycles. The molecule has 0 spiro atoms. The Kier molecular flexibility index (Phi) is 5.33. The van der Waals surface area contributed by atoms with Crippen LogP contribution in [0.5, 0.6) is 0 Å². The van der Waals surface area contributed by atoms with Crippen LogP contribution in [0.4, 0.5) is 0 Å². The van der Waals surface area contributed by atoms with E-state index < -0.39 is 0 Å². The average Bonchev–Trinajstić information content (AvgIpc) is 2.63. The third kappa shape index (κ3) is 5.04. The largest absolute Gasteiger partial charge is 0.468 e. The standard InChI is InChI=1S/C11H19NO2/c1-10(2)13-8-4-6-12-9-11-5-3-7-14-11/h3,5,7,10,12H,4,6,8-9H2,1-2H3. The third-order valence-corrected chi connectivity index (χ3v) is 1.83. The lowest BCUT2D eigenvalue weighted by Gasteiger charge is -2.07. The molecule has 1 N–H and O–H groups in total. The monoisotopic (exact) mass is 197 g/mol. The number of furan rings is 1. The fourth-order valence-electron chi connectivity index (χ4n) is 1.14. The molecule has 0 bridgehead atoms. The molecule has 0 amide bonds. The van der Waals surface area contributed by atoms with Gasteiger partial charge in [-0.25, -0.2) is 0 Å². The van der Waals surface area contributed by atoms with Crippen LogP contribution in [0.2, 0.25) is 0 Å². The van der Waals surface area contributed by atoms with Crippen LogP contribution in [-0.4, -0.2) is 19.3 Å². The van der Waals surface area contributed by atoms with Gasteiger partial charge in [0.15, 0.2) is 0 Å². The van der Waals surface area contributed by atoms with Gasteiger partial charge in [0.05, 0.1) is 18.9 Å². The molecule has 1 aromatic heterocycles. The summed E-state index contributed by atoms with van der Waals surface area (Å²) < 4.78 is 10.6. The topological polar surface area (TPSA) is 34.4 Å². The van der Waals surface area contributed by atoms with Gasteiger partial charge in [0.1, 0.15) is 5.76 Å². The van der Waals surface area contributed by atoms with Crippen LogP contribution in [0, 0.1) is 0 Å². The molecule has 0 aliphatic carbocycles. The van der Waals surface area contributed by atoms with Gasteiger partial charge in [-0.05, 0) is 38.9 Å².